The van der Waals surface area contributed by atoms with E-state index in [1.54, 1.807) is 21.7 Å². The number of fused-ring (bicyclic) bond motifs is 2. The molecule has 0 spiro atoms. The Balaban J connectivity index is 1.24. The number of hydrogen-bond acceptors (Lipinski definition) is 5. The lowest BCUT2D eigenvalue weighted by Gasteiger charge is -2.33. The average molecular weight is 629 g/mol. The first-order valence-corrected chi connectivity index (χ1v) is 15.0. The molecule has 0 aliphatic carbocycles. The highest BCUT2D eigenvalue weighted by molar-refractivity contribution is 6.42. The number of aliphatic carboxylic acids is 1. The number of carbonyl (C=O) groups excluding carboxylic acids is 1. The van der Waals surface area contributed by atoms with Crippen molar-refractivity contribution in [1.82, 2.24) is 24.2 Å². The first-order chi connectivity index (χ1) is 20.4. The number of rotatable bonds is 5. The minimum absolute atomic E-state index is 0.102. The molecule has 12 heteroatoms. The zero-order valence-corrected chi connectivity index (χ0v) is 25.6. The summed E-state index contributed by atoms with van der Waals surface area (Å²) in [6.45, 7) is 7.02. The minimum Gasteiger partial charge on any atom is -0.479 e. The number of piperidine rings is 1. The Labute approximate surface area is 258 Å². The smallest absolute Gasteiger partial charge is 0.410 e. The van der Waals surface area contributed by atoms with Gasteiger partial charge in [-0.3, -0.25) is 4.68 Å². The Bertz CT molecular complexity index is 1700. The number of hydrogen-bond donors (Lipinski definition) is 1. The van der Waals surface area contributed by atoms with Gasteiger partial charge >= 0.3 is 12.1 Å². The van der Waals surface area contributed by atoms with Crippen LogP contribution in [0.1, 0.15) is 62.5 Å². The molecule has 2 aliphatic heterocycles. The summed E-state index contributed by atoms with van der Waals surface area (Å²) in [7, 11) is 0. The Hall–Kier alpha value is -3.63. The average Bonchev–Trinajstić information content (AvgIpc) is 3.66. The van der Waals surface area contributed by atoms with Gasteiger partial charge in [0.05, 0.1) is 28.6 Å². The maximum Gasteiger partial charge on any atom is 0.410 e. The molecular weight excluding hydrogens is 596 g/mol. The SMILES string of the molecule is CC(C)(C)OC(=O)N1CCC(c2ccc(-c3cc(Cl)c4cn(C(C(=O)O)c5ncn6c5C[C@@H](F)C6)nc4c3Cl)cc2)CC1. The van der Waals surface area contributed by atoms with Crippen molar-refractivity contribution in [3.8, 4) is 11.1 Å². The van der Waals surface area contributed by atoms with Crippen LogP contribution in [0.5, 0.6) is 0 Å². The third-order valence-electron chi connectivity index (χ3n) is 8.09. The molecule has 1 amide bonds. The summed E-state index contributed by atoms with van der Waals surface area (Å²) in [5, 5.41) is 15.9. The van der Waals surface area contributed by atoms with Crippen LogP contribution in [0.15, 0.2) is 42.9 Å². The van der Waals surface area contributed by atoms with Gasteiger partial charge in [0.25, 0.3) is 0 Å². The lowest BCUT2D eigenvalue weighted by molar-refractivity contribution is -0.139. The number of alkyl halides is 1. The van der Waals surface area contributed by atoms with E-state index in [2.05, 4.69) is 22.2 Å². The van der Waals surface area contributed by atoms with Crippen LogP contribution in [-0.2, 0) is 22.5 Å². The molecule has 2 aromatic heterocycles. The number of carbonyl (C=O) groups is 2. The topological polar surface area (TPSA) is 102 Å². The second-order valence-electron chi connectivity index (χ2n) is 12.2. The van der Waals surface area contributed by atoms with Crippen LogP contribution in [0.3, 0.4) is 0 Å². The first-order valence-electron chi connectivity index (χ1n) is 14.3. The Kier molecular flexibility index (Phi) is 7.62. The summed E-state index contributed by atoms with van der Waals surface area (Å²) >= 11 is 13.5. The first kappa shape index (κ1) is 29.4. The Morgan fingerprint density at radius 1 is 1.14 bits per heavy atom. The largest absolute Gasteiger partial charge is 0.479 e. The fraction of sp³-hybridized carbons (Fsp3) is 0.419. The molecule has 43 heavy (non-hydrogen) atoms. The van der Waals surface area contributed by atoms with Crippen LogP contribution in [-0.4, -0.2) is 66.3 Å². The van der Waals surface area contributed by atoms with E-state index in [0.717, 1.165) is 18.4 Å². The number of nitrogens with zero attached hydrogens (tertiary/aromatic N) is 5. The molecule has 0 radical (unpaired) electrons. The van der Waals surface area contributed by atoms with Crippen molar-refractivity contribution >= 4 is 46.2 Å². The maximum atomic E-state index is 14.0. The zero-order chi connectivity index (χ0) is 30.6. The van der Waals surface area contributed by atoms with Crippen LogP contribution >= 0.6 is 23.2 Å². The molecule has 9 nitrogen and oxygen atoms in total. The number of ether oxygens (including phenoxy) is 1. The van der Waals surface area contributed by atoms with Gasteiger partial charge in [0.2, 0.25) is 0 Å². The van der Waals surface area contributed by atoms with Gasteiger partial charge in [-0.15, -0.1) is 0 Å². The summed E-state index contributed by atoms with van der Waals surface area (Å²) in [5.74, 6) is -0.855. The summed E-state index contributed by atoms with van der Waals surface area (Å²) in [6, 6.07) is 8.59. The van der Waals surface area contributed by atoms with Gasteiger partial charge in [0.15, 0.2) is 6.04 Å². The van der Waals surface area contributed by atoms with E-state index in [1.807, 2.05) is 32.9 Å². The third-order valence-corrected chi connectivity index (χ3v) is 8.79. The minimum atomic E-state index is -1.26. The number of carboxylic acid groups (broad SMARTS) is 1. The van der Waals surface area contributed by atoms with Crippen molar-refractivity contribution in [3.05, 3.63) is 69.9 Å². The molecule has 0 saturated carbocycles. The summed E-state index contributed by atoms with van der Waals surface area (Å²) < 4.78 is 22.5. The molecule has 4 heterocycles. The summed E-state index contributed by atoms with van der Waals surface area (Å²) in [6.07, 6.45) is 3.44. The van der Waals surface area contributed by atoms with Gasteiger partial charge in [0, 0.05) is 42.4 Å². The van der Waals surface area contributed by atoms with Crippen molar-refractivity contribution < 1.29 is 23.8 Å². The van der Waals surface area contributed by atoms with Crippen molar-refractivity contribution in [2.24, 2.45) is 0 Å². The third kappa shape index (κ3) is 5.70. The predicted molar refractivity (Wildman–Crippen MR) is 162 cm³/mol. The number of benzene rings is 2. The van der Waals surface area contributed by atoms with Crippen LogP contribution in [0.2, 0.25) is 10.0 Å². The van der Waals surface area contributed by atoms with Crippen molar-refractivity contribution in [1.29, 1.82) is 0 Å². The van der Waals surface area contributed by atoms with Crippen molar-refractivity contribution in [2.75, 3.05) is 13.1 Å². The molecule has 1 N–H and O–H groups in total. The Morgan fingerprint density at radius 2 is 1.84 bits per heavy atom. The second-order valence-corrected chi connectivity index (χ2v) is 13.0. The van der Waals surface area contributed by atoms with E-state index >= 15 is 0 Å². The fourth-order valence-corrected chi connectivity index (χ4v) is 6.55. The fourth-order valence-electron chi connectivity index (χ4n) is 6.00. The number of imidazole rings is 1. The number of halogens is 3. The quantitative estimate of drug-likeness (QED) is 0.258. The lowest BCUT2D eigenvalue weighted by Crippen LogP contribution is -2.41. The highest BCUT2D eigenvalue weighted by atomic mass is 35.5. The second kappa shape index (κ2) is 11.1. The van der Waals surface area contributed by atoms with Crippen LogP contribution < -0.4 is 0 Å². The molecule has 2 aromatic carbocycles. The van der Waals surface area contributed by atoms with Crippen molar-refractivity contribution in [3.63, 3.8) is 0 Å². The van der Waals surface area contributed by atoms with Gasteiger partial charge in [-0.2, -0.15) is 5.10 Å². The highest BCUT2D eigenvalue weighted by Gasteiger charge is 2.34. The monoisotopic (exact) mass is 627 g/mol. The van der Waals surface area contributed by atoms with E-state index in [-0.39, 0.29) is 24.8 Å². The molecule has 1 unspecified atom stereocenters. The van der Waals surface area contributed by atoms with Gasteiger partial charge in [0.1, 0.15) is 17.3 Å². The molecule has 1 fully saturated rings. The molecule has 4 aromatic rings. The predicted octanol–water partition coefficient (Wildman–Crippen LogP) is 6.89. The van der Waals surface area contributed by atoms with Gasteiger partial charge < -0.3 is 19.3 Å². The van der Waals surface area contributed by atoms with E-state index < -0.39 is 23.8 Å². The van der Waals surface area contributed by atoms with Crippen molar-refractivity contribution in [2.45, 2.75) is 70.3 Å². The van der Waals surface area contributed by atoms with E-state index in [1.165, 1.54) is 16.6 Å². The molecule has 226 valence electrons. The zero-order valence-electron chi connectivity index (χ0n) is 24.1. The molecule has 2 aliphatic rings. The summed E-state index contributed by atoms with van der Waals surface area (Å²) in [4.78, 5) is 30.9. The van der Waals surface area contributed by atoms with Crippen LogP contribution in [0, 0.1) is 0 Å². The number of aromatic nitrogens is 4. The van der Waals surface area contributed by atoms with Crippen LogP contribution in [0.4, 0.5) is 9.18 Å². The Morgan fingerprint density at radius 3 is 2.49 bits per heavy atom. The summed E-state index contributed by atoms with van der Waals surface area (Å²) in [5.41, 5.74) is 3.33. The number of carboxylic acids is 1. The van der Waals surface area contributed by atoms with Gasteiger partial charge in [-0.05, 0) is 56.7 Å². The normalized spacial score (nSPS) is 18.2. The van der Waals surface area contributed by atoms with Crippen LogP contribution in [0.25, 0.3) is 22.0 Å². The molecule has 1 saturated heterocycles. The lowest BCUT2D eigenvalue weighted by atomic mass is 9.88. The van der Waals surface area contributed by atoms with E-state index in [9.17, 15) is 19.1 Å². The van der Waals surface area contributed by atoms with E-state index in [4.69, 9.17) is 27.9 Å². The van der Waals surface area contributed by atoms with E-state index in [0.29, 0.717) is 51.2 Å². The molecule has 2 atom stereocenters. The molecule has 6 rings (SSSR count). The number of likely N-dealkylation sites (tertiary alicyclic amines) is 1. The van der Waals surface area contributed by atoms with Gasteiger partial charge in [-0.25, -0.2) is 19.0 Å². The number of amides is 1. The maximum absolute atomic E-state index is 14.0. The standard InChI is InChI=1S/C31H32Cl2FN5O4/c1-31(2,3)43-30(42)37-10-8-18(9-11-37)17-4-6-19(7-5-17)21-13-23(32)22-15-39(36-26(22)25(21)33)28(29(40)41)27-24-12-20(34)14-38(24)16-35-27/h4-7,13,15-16,18,20,28H,8-12,14H2,1-3H3,(H,40,41)/t20-,28?/m1/s1. The highest BCUT2D eigenvalue weighted by Crippen LogP contribution is 2.40. The molecular formula is C31H32Cl2FN5O4. The molecule has 0 bridgehead atoms. The van der Waals surface area contributed by atoms with Gasteiger partial charge in [-0.1, -0.05) is 47.5 Å².